The normalized spacial score (nSPS) is 11.4. The zero-order valence-corrected chi connectivity index (χ0v) is 19.1. The fourth-order valence-electron chi connectivity index (χ4n) is 3.15. The second-order valence-electron chi connectivity index (χ2n) is 7.52. The van der Waals surface area contributed by atoms with Crippen LogP contribution in [0.3, 0.4) is 0 Å². The van der Waals surface area contributed by atoms with E-state index in [1.165, 1.54) is 19.1 Å². The number of benzene rings is 2. The molecule has 2 aromatic carbocycles. The molecule has 0 unspecified atom stereocenters. The lowest BCUT2D eigenvalue weighted by Crippen LogP contribution is -2.33. The zero-order valence-electron chi connectivity index (χ0n) is 19.1. The third kappa shape index (κ3) is 7.33. The predicted octanol–water partition coefficient (Wildman–Crippen LogP) is 4.42. The highest BCUT2D eigenvalue weighted by Crippen LogP contribution is 2.37. The molecule has 7 nitrogen and oxygen atoms in total. The summed E-state index contributed by atoms with van der Waals surface area (Å²) in [4.78, 5) is 26.0. The molecule has 0 bridgehead atoms. The second-order valence-corrected chi connectivity index (χ2v) is 7.52. The minimum Gasteiger partial charge on any atom is -0.417 e. The SMILES string of the molecule is Cc1nnc(C(=O)NCC#CCN(C(=O)Cc2ccc(C(F)(F)F)cc2C(F)(F)F)c2ccccc2)o1. The van der Waals surface area contributed by atoms with E-state index in [0.29, 0.717) is 17.8 Å². The molecule has 0 spiro atoms. The maximum absolute atomic E-state index is 13.5. The van der Waals surface area contributed by atoms with Crippen LogP contribution in [-0.2, 0) is 23.6 Å². The van der Waals surface area contributed by atoms with Crippen molar-refractivity contribution in [3.8, 4) is 11.8 Å². The molecule has 0 saturated carbocycles. The van der Waals surface area contributed by atoms with Gasteiger partial charge in [-0.3, -0.25) is 9.59 Å². The molecule has 0 fully saturated rings. The van der Waals surface area contributed by atoms with E-state index in [4.69, 9.17) is 4.42 Å². The van der Waals surface area contributed by atoms with Crippen molar-refractivity contribution in [1.82, 2.24) is 15.5 Å². The molecule has 0 aliphatic carbocycles. The summed E-state index contributed by atoms with van der Waals surface area (Å²) in [6.45, 7) is 1.08. The highest BCUT2D eigenvalue weighted by Gasteiger charge is 2.38. The van der Waals surface area contributed by atoms with Gasteiger partial charge in [0, 0.05) is 12.6 Å². The molecule has 1 N–H and O–H groups in total. The van der Waals surface area contributed by atoms with Crippen LogP contribution in [0.25, 0.3) is 0 Å². The lowest BCUT2D eigenvalue weighted by molar-refractivity contribution is -0.143. The van der Waals surface area contributed by atoms with E-state index in [0.717, 1.165) is 4.90 Å². The molecule has 0 atom stereocenters. The maximum atomic E-state index is 13.5. The van der Waals surface area contributed by atoms with Crippen LogP contribution in [0.1, 0.15) is 33.3 Å². The molecule has 0 aliphatic rings. The number of rotatable bonds is 6. The lowest BCUT2D eigenvalue weighted by Gasteiger charge is -2.22. The molecule has 0 saturated heterocycles. The van der Waals surface area contributed by atoms with Crippen LogP contribution in [0.5, 0.6) is 0 Å². The molecule has 0 aliphatic heterocycles. The van der Waals surface area contributed by atoms with Gasteiger partial charge in [-0.2, -0.15) is 26.3 Å². The first-order valence-electron chi connectivity index (χ1n) is 10.5. The third-order valence-electron chi connectivity index (χ3n) is 4.87. The molecular weight excluding hydrogens is 506 g/mol. The van der Waals surface area contributed by atoms with Crippen LogP contribution in [0.2, 0.25) is 0 Å². The van der Waals surface area contributed by atoms with Crippen molar-refractivity contribution in [3.63, 3.8) is 0 Å². The summed E-state index contributed by atoms with van der Waals surface area (Å²) in [6.07, 6.45) is -10.9. The van der Waals surface area contributed by atoms with E-state index in [1.54, 1.807) is 18.2 Å². The first kappa shape index (κ1) is 27.3. The van der Waals surface area contributed by atoms with Crippen molar-refractivity contribution < 1.29 is 40.3 Å². The maximum Gasteiger partial charge on any atom is 0.416 e. The van der Waals surface area contributed by atoms with Gasteiger partial charge in [-0.15, -0.1) is 10.2 Å². The van der Waals surface area contributed by atoms with E-state index < -0.39 is 47.3 Å². The van der Waals surface area contributed by atoms with Gasteiger partial charge in [0.2, 0.25) is 11.8 Å². The van der Waals surface area contributed by atoms with Crippen LogP contribution < -0.4 is 10.2 Å². The Labute approximate surface area is 206 Å². The van der Waals surface area contributed by atoms with Crippen molar-refractivity contribution in [2.24, 2.45) is 0 Å². The van der Waals surface area contributed by atoms with Gasteiger partial charge in [0.05, 0.1) is 30.6 Å². The number of carbonyl (C=O) groups is 2. The van der Waals surface area contributed by atoms with Crippen LogP contribution in [-0.4, -0.2) is 35.1 Å². The van der Waals surface area contributed by atoms with Crippen molar-refractivity contribution in [1.29, 1.82) is 0 Å². The van der Waals surface area contributed by atoms with E-state index >= 15 is 0 Å². The van der Waals surface area contributed by atoms with Gasteiger partial charge in [0.15, 0.2) is 0 Å². The molecular formula is C24H18F6N4O3. The Morgan fingerprint density at radius 3 is 2.27 bits per heavy atom. The number of hydrogen-bond donors (Lipinski definition) is 1. The minimum atomic E-state index is -5.11. The number of aryl methyl sites for hydroxylation is 1. The number of anilines is 1. The summed E-state index contributed by atoms with van der Waals surface area (Å²) in [7, 11) is 0. The molecule has 3 rings (SSSR count). The molecule has 1 heterocycles. The summed E-state index contributed by atoms with van der Waals surface area (Å²) in [5.74, 6) is 3.67. The Morgan fingerprint density at radius 2 is 1.68 bits per heavy atom. The largest absolute Gasteiger partial charge is 0.417 e. The number of alkyl halides is 6. The summed E-state index contributed by atoms with van der Waals surface area (Å²) in [6, 6.07) is 9.02. The standard InChI is InChI=1S/C24H18F6N4O3/c1-15-32-33-22(37-15)21(36)31-11-5-6-12-34(18-7-3-2-4-8-18)20(35)13-16-9-10-17(23(25,26)27)14-19(16)24(28,29)30/h2-4,7-10,14H,11-13H2,1H3,(H,31,36). The number of hydrogen-bond acceptors (Lipinski definition) is 5. The summed E-state index contributed by atoms with van der Waals surface area (Å²) in [5, 5.41) is 9.47. The highest BCUT2D eigenvalue weighted by atomic mass is 19.4. The van der Waals surface area contributed by atoms with E-state index in [9.17, 15) is 35.9 Å². The van der Waals surface area contributed by atoms with Gasteiger partial charge < -0.3 is 14.6 Å². The molecule has 0 radical (unpaired) electrons. The first-order chi connectivity index (χ1) is 17.4. The zero-order chi connectivity index (χ0) is 27.2. The van der Waals surface area contributed by atoms with Gasteiger partial charge in [-0.25, -0.2) is 0 Å². The van der Waals surface area contributed by atoms with Crippen molar-refractivity contribution in [2.45, 2.75) is 25.7 Å². The van der Waals surface area contributed by atoms with E-state index in [-0.39, 0.29) is 30.9 Å². The van der Waals surface area contributed by atoms with Crippen LogP contribution >= 0.6 is 0 Å². The number of aromatic nitrogens is 2. The van der Waals surface area contributed by atoms with Gasteiger partial charge in [-0.1, -0.05) is 36.1 Å². The Hall–Kier alpha value is -4.34. The Bertz CT molecular complexity index is 1320. The van der Waals surface area contributed by atoms with Gasteiger partial charge in [0.25, 0.3) is 0 Å². The fourth-order valence-corrected chi connectivity index (χ4v) is 3.15. The van der Waals surface area contributed by atoms with E-state index in [1.807, 2.05) is 0 Å². The Morgan fingerprint density at radius 1 is 0.973 bits per heavy atom. The first-order valence-corrected chi connectivity index (χ1v) is 10.5. The van der Waals surface area contributed by atoms with Gasteiger partial charge >= 0.3 is 24.2 Å². The highest BCUT2D eigenvalue weighted by molar-refractivity contribution is 5.95. The summed E-state index contributed by atoms with van der Waals surface area (Å²) < 4.78 is 84.3. The van der Waals surface area contributed by atoms with Crippen LogP contribution in [0, 0.1) is 18.8 Å². The number of nitrogens with zero attached hydrogens (tertiary/aromatic N) is 3. The number of halogens is 6. The monoisotopic (exact) mass is 524 g/mol. The van der Waals surface area contributed by atoms with Crippen molar-refractivity contribution >= 4 is 17.5 Å². The molecule has 2 amide bonds. The summed E-state index contributed by atoms with van der Waals surface area (Å²) >= 11 is 0. The molecule has 194 valence electrons. The second kappa shape index (κ2) is 11.2. The molecule has 37 heavy (non-hydrogen) atoms. The lowest BCUT2D eigenvalue weighted by atomic mass is 10.00. The van der Waals surface area contributed by atoms with E-state index in [2.05, 4.69) is 27.4 Å². The van der Waals surface area contributed by atoms with Crippen molar-refractivity contribution in [3.05, 3.63) is 77.0 Å². The third-order valence-corrected chi connectivity index (χ3v) is 4.87. The van der Waals surface area contributed by atoms with Gasteiger partial charge in [0.1, 0.15) is 0 Å². The van der Waals surface area contributed by atoms with Crippen LogP contribution in [0.4, 0.5) is 32.0 Å². The number of carbonyl (C=O) groups excluding carboxylic acids is 2. The Balaban J connectivity index is 1.77. The van der Waals surface area contributed by atoms with Gasteiger partial charge in [-0.05, 0) is 29.8 Å². The topological polar surface area (TPSA) is 88.3 Å². The molecule has 1 aromatic heterocycles. The number of nitrogens with one attached hydrogen (secondary N) is 1. The minimum absolute atomic E-state index is 0.0111. The predicted molar refractivity (Wildman–Crippen MR) is 118 cm³/mol. The number of para-hydroxylation sites is 1. The fraction of sp³-hybridized carbons (Fsp3) is 0.250. The number of amides is 2. The Kier molecular flexibility index (Phi) is 8.21. The molecule has 3 aromatic rings. The van der Waals surface area contributed by atoms with Crippen molar-refractivity contribution in [2.75, 3.05) is 18.0 Å². The average molecular weight is 524 g/mol. The molecule has 13 heteroatoms. The summed E-state index contributed by atoms with van der Waals surface area (Å²) in [5.41, 5.74) is -3.32. The van der Waals surface area contributed by atoms with Crippen LogP contribution in [0.15, 0.2) is 52.9 Å². The quantitative estimate of drug-likeness (QED) is 0.381. The smallest absolute Gasteiger partial charge is 0.416 e. The average Bonchev–Trinajstić information content (AvgIpc) is 3.27.